The summed E-state index contributed by atoms with van der Waals surface area (Å²) in [4.78, 5) is 24.6. The standard InChI is InChI=1S/C24H28F2N6O2/c25-17-9-16(10-18(26)11-17)19-5-7-29-32(19)22(34)24-13-23(14-24,15-24)6-3-1-2-4-8-31-20(21(27)33)12-28-30-31/h7,9-12,19H,1-6,8,13-15H2,(H2,27,33). The van der Waals surface area contributed by atoms with Gasteiger partial charge in [0.2, 0.25) is 5.91 Å². The Bertz CT molecular complexity index is 1110. The van der Waals surface area contributed by atoms with Gasteiger partial charge in [-0.3, -0.25) is 9.59 Å². The van der Waals surface area contributed by atoms with Crippen LogP contribution in [0.1, 0.15) is 79.9 Å². The fourth-order valence-electron chi connectivity index (χ4n) is 6.12. The minimum Gasteiger partial charge on any atom is -0.364 e. The average molecular weight is 471 g/mol. The molecule has 4 aliphatic rings. The van der Waals surface area contributed by atoms with Gasteiger partial charge >= 0.3 is 0 Å². The molecule has 34 heavy (non-hydrogen) atoms. The number of aromatic nitrogens is 3. The molecule has 2 bridgehead atoms. The lowest BCUT2D eigenvalue weighted by molar-refractivity contribution is -0.220. The molecule has 10 heteroatoms. The first-order valence-corrected chi connectivity index (χ1v) is 11.8. The van der Waals surface area contributed by atoms with E-state index in [1.807, 2.05) is 0 Å². The van der Waals surface area contributed by atoms with Gasteiger partial charge in [0, 0.05) is 25.2 Å². The molecule has 1 aliphatic heterocycles. The topological polar surface area (TPSA) is 106 Å². The molecule has 2 heterocycles. The number of benzene rings is 1. The summed E-state index contributed by atoms with van der Waals surface area (Å²) in [6.07, 6.45) is 11.3. The average Bonchev–Trinajstić information content (AvgIpc) is 3.39. The van der Waals surface area contributed by atoms with E-state index < -0.39 is 23.6 Å². The van der Waals surface area contributed by atoms with Crippen LogP contribution in [0.25, 0.3) is 0 Å². The van der Waals surface area contributed by atoms with Crippen molar-refractivity contribution < 1.29 is 18.4 Å². The Morgan fingerprint density at radius 3 is 2.47 bits per heavy atom. The highest BCUT2D eigenvalue weighted by Crippen LogP contribution is 2.76. The number of hydrazone groups is 1. The molecule has 1 aromatic carbocycles. The molecule has 180 valence electrons. The molecule has 3 aliphatic carbocycles. The number of rotatable bonds is 10. The van der Waals surface area contributed by atoms with Crippen LogP contribution in [0.3, 0.4) is 0 Å². The van der Waals surface area contributed by atoms with Gasteiger partial charge in [0.15, 0.2) is 0 Å². The number of nitrogens with two attached hydrogens (primary N) is 1. The number of primary amides is 1. The van der Waals surface area contributed by atoms with E-state index in [9.17, 15) is 18.4 Å². The third-order valence-electron chi connectivity index (χ3n) is 7.60. The van der Waals surface area contributed by atoms with Gasteiger partial charge in [-0.2, -0.15) is 5.10 Å². The Kier molecular flexibility index (Phi) is 5.69. The van der Waals surface area contributed by atoms with Crippen molar-refractivity contribution in [1.82, 2.24) is 20.0 Å². The number of hydrogen-bond donors (Lipinski definition) is 1. The highest BCUT2D eigenvalue weighted by Gasteiger charge is 2.71. The fraction of sp³-hybridized carbons (Fsp3) is 0.542. The Morgan fingerprint density at radius 2 is 1.76 bits per heavy atom. The monoisotopic (exact) mass is 470 g/mol. The lowest BCUT2D eigenvalue weighted by Crippen LogP contribution is -2.67. The second-order valence-corrected chi connectivity index (χ2v) is 10.1. The zero-order valence-electron chi connectivity index (χ0n) is 18.9. The van der Waals surface area contributed by atoms with Gasteiger partial charge in [-0.1, -0.05) is 24.5 Å². The lowest BCUT2D eigenvalue weighted by Gasteiger charge is -2.70. The van der Waals surface area contributed by atoms with Crippen molar-refractivity contribution in [3.05, 3.63) is 47.3 Å². The van der Waals surface area contributed by atoms with Gasteiger partial charge in [0.05, 0.1) is 17.7 Å². The van der Waals surface area contributed by atoms with E-state index in [2.05, 4.69) is 15.4 Å². The second-order valence-electron chi connectivity index (χ2n) is 10.1. The first-order chi connectivity index (χ1) is 16.3. The molecule has 2 aromatic rings. The van der Waals surface area contributed by atoms with Gasteiger partial charge < -0.3 is 5.73 Å². The van der Waals surface area contributed by atoms with Crippen LogP contribution in [0.5, 0.6) is 0 Å². The van der Waals surface area contributed by atoms with Crippen LogP contribution in [-0.2, 0) is 11.3 Å². The van der Waals surface area contributed by atoms with E-state index in [4.69, 9.17) is 5.73 Å². The van der Waals surface area contributed by atoms with Crippen LogP contribution in [0.15, 0.2) is 29.5 Å². The van der Waals surface area contributed by atoms with Crippen molar-refractivity contribution in [3.63, 3.8) is 0 Å². The third-order valence-corrected chi connectivity index (χ3v) is 7.60. The van der Waals surface area contributed by atoms with Crippen LogP contribution in [0, 0.1) is 22.5 Å². The number of halogens is 2. The maximum absolute atomic E-state index is 13.7. The number of unbranched alkanes of at least 4 members (excludes halogenated alkanes) is 3. The summed E-state index contributed by atoms with van der Waals surface area (Å²) in [5.41, 5.74) is 5.97. The molecular weight excluding hydrogens is 442 g/mol. The van der Waals surface area contributed by atoms with Crippen molar-refractivity contribution in [1.29, 1.82) is 0 Å². The maximum Gasteiger partial charge on any atom is 0.268 e. The van der Waals surface area contributed by atoms with Crippen molar-refractivity contribution in [3.8, 4) is 0 Å². The van der Waals surface area contributed by atoms with E-state index >= 15 is 0 Å². The molecule has 8 nitrogen and oxygen atoms in total. The molecule has 0 spiro atoms. The fourth-order valence-corrected chi connectivity index (χ4v) is 6.12. The van der Waals surface area contributed by atoms with Crippen LogP contribution < -0.4 is 5.73 Å². The first kappa shape index (κ1) is 22.6. The maximum atomic E-state index is 13.7. The Balaban J connectivity index is 1.06. The van der Waals surface area contributed by atoms with Gasteiger partial charge in [0.1, 0.15) is 17.3 Å². The summed E-state index contributed by atoms with van der Waals surface area (Å²) in [5.74, 6) is -1.83. The van der Waals surface area contributed by atoms with E-state index in [1.165, 1.54) is 23.3 Å². The molecular formula is C24H28F2N6O2. The number of aryl methyl sites for hydroxylation is 1. The van der Waals surface area contributed by atoms with Crippen molar-refractivity contribution in [2.75, 3.05) is 0 Å². The SMILES string of the molecule is NC(=O)c1cnnn1CCCCCCC12CC(C(=O)N3N=CCC3c3cc(F)cc(F)c3)(C1)C2. The van der Waals surface area contributed by atoms with E-state index in [-0.39, 0.29) is 16.7 Å². The van der Waals surface area contributed by atoms with Crippen LogP contribution >= 0.6 is 0 Å². The second kappa shape index (κ2) is 8.56. The Labute approximate surface area is 196 Å². The smallest absolute Gasteiger partial charge is 0.268 e. The molecule has 0 radical (unpaired) electrons. The van der Waals surface area contributed by atoms with Crippen molar-refractivity contribution >= 4 is 18.0 Å². The third kappa shape index (κ3) is 3.99. The number of carbonyl (C=O) groups is 2. The number of carbonyl (C=O) groups excluding carboxylic acids is 2. The summed E-state index contributed by atoms with van der Waals surface area (Å²) in [5, 5.41) is 13.3. The zero-order valence-corrected chi connectivity index (χ0v) is 18.9. The van der Waals surface area contributed by atoms with Gasteiger partial charge in [0.25, 0.3) is 5.91 Å². The Hall–Kier alpha value is -3.17. The minimum absolute atomic E-state index is 0.0177. The normalized spacial score (nSPS) is 26.9. The molecule has 2 amide bonds. The molecule has 1 aromatic heterocycles. The summed E-state index contributed by atoms with van der Waals surface area (Å²) >= 11 is 0. The molecule has 1 atom stereocenters. The molecule has 6 rings (SSSR count). The zero-order chi connectivity index (χ0) is 23.9. The van der Waals surface area contributed by atoms with Gasteiger partial charge in [-0.25, -0.2) is 18.5 Å². The summed E-state index contributed by atoms with van der Waals surface area (Å²) < 4.78 is 28.9. The van der Waals surface area contributed by atoms with E-state index in [1.54, 1.807) is 10.9 Å². The first-order valence-electron chi connectivity index (χ1n) is 11.8. The number of amides is 2. The van der Waals surface area contributed by atoms with Crippen LogP contribution in [-0.4, -0.2) is 38.0 Å². The lowest BCUT2D eigenvalue weighted by atomic mass is 9.33. The van der Waals surface area contributed by atoms with Gasteiger partial charge in [-0.15, -0.1) is 5.10 Å². The predicted molar refractivity (Wildman–Crippen MR) is 119 cm³/mol. The predicted octanol–water partition coefficient (Wildman–Crippen LogP) is 3.74. The summed E-state index contributed by atoms with van der Waals surface area (Å²) in [6.45, 7) is 0.619. The van der Waals surface area contributed by atoms with E-state index in [0.717, 1.165) is 57.4 Å². The minimum atomic E-state index is -0.645. The number of nitrogens with zero attached hydrogens (tertiary/aromatic N) is 5. The number of hydrogen-bond acceptors (Lipinski definition) is 5. The highest BCUT2D eigenvalue weighted by molar-refractivity contribution is 5.90. The van der Waals surface area contributed by atoms with E-state index in [0.29, 0.717) is 24.2 Å². The largest absolute Gasteiger partial charge is 0.364 e. The molecule has 0 saturated heterocycles. The van der Waals surface area contributed by atoms with Crippen molar-refractivity contribution in [2.45, 2.75) is 70.4 Å². The Morgan fingerprint density at radius 1 is 1.06 bits per heavy atom. The summed E-state index contributed by atoms with van der Waals surface area (Å²) in [6, 6.07) is 2.96. The molecule has 3 fully saturated rings. The highest BCUT2D eigenvalue weighted by atomic mass is 19.1. The van der Waals surface area contributed by atoms with Crippen LogP contribution in [0.2, 0.25) is 0 Å². The van der Waals surface area contributed by atoms with Crippen molar-refractivity contribution in [2.24, 2.45) is 21.7 Å². The molecule has 2 N–H and O–H groups in total. The molecule has 1 unspecified atom stereocenters. The summed E-state index contributed by atoms with van der Waals surface area (Å²) in [7, 11) is 0. The molecule has 3 saturated carbocycles. The van der Waals surface area contributed by atoms with Crippen LogP contribution in [0.4, 0.5) is 8.78 Å². The quantitative estimate of drug-likeness (QED) is 0.534. The van der Waals surface area contributed by atoms with Gasteiger partial charge in [-0.05, 0) is 55.2 Å².